The van der Waals surface area contributed by atoms with Gasteiger partial charge >= 0.3 is 0 Å². The van der Waals surface area contributed by atoms with E-state index in [0.717, 1.165) is 31.6 Å². The van der Waals surface area contributed by atoms with Crippen LogP contribution in [0.3, 0.4) is 0 Å². The van der Waals surface area contributed by atoms with E-state index in [4.69, 9.17) is 0 Å². The highest BCUT2D eigenvalue weighted by molar-refractivity contribution is 5.92. The van der Waals surface area contributed by atoms with E-state index in [1.165, 1.54) is 19.2 Å². The number of anilines is 2. The molecule has 1 aromatic carbocycles. The van der Waals surface area contributed by atoms with Crippen LogP contribution in [0.1, 0.15) is 36.2 Å². The van der Waals surface area contributed by atoms with E-state index in [9.17, 15) is 4.79 Å². The molecule has 1 fully saturated rings. The first-order chi connectivity index (χ1) is 13.3. The Balaban J connectivity index is 1.51. The minimum absolute atomic E-state index is 0.00709. The van der Waals surface area contributed by atoms with Crippen molar-refractivity contribution >= 4 is 17.4 Å². The van der Waals surface area contributed by atoms with E-state index < -0.39 is 0 Å². The number of para-hydroxylation sites is 1. The predicted molar refractivity (Wildman–Crippen MR) is 103 cm³/mol. The fraction of sp³-hybridized carbons (Fsp3) is 0.300. The molecule has 1 aliphatic rings. The molecule has 1 N–H and O–H groups in total. The van der Waals surface area contributed by atoms with E-state index in [1.54, 1.807) is 17.1 Å². The standard InChI is InChI=1S/C20H22N6O/c27-20(25-10-6-1-2-7-11-25)17-13-26(15-23-17)19-12-18(21-14-22-19)24-16-8-4-3-5-9-16/h3-5,8-9,12-15H,1-2,6-7,10-11H2,(H,21,22,24). The zero-order valence-corrected chi connectivity index (χ0v) is 15.1. The number of nitrogens with one attached hydrogen (secondary N) is 1. The molecule has 1 saturated heterocycles. The maximum absolute atomic E-state index is 12.7. The zero-order chi connectivity index (χ0) is 18.5. The summed E-state index contributed by atoms with van der Waals surface area (Å²) in [5, 5.41) is 3.24. The van der Waals surface area contributed by atoms with Crippen LogP contribution in [0.5, 0.6) is 0 Å². The molecule has 27 heavy (non-hydrogen) atoms. The second-order valence-corrected chi connectivity index (χ2v) is 6.63. The minimum atomic E-state index is -0.00709. The van der Waals surface area contributed by atoms with Crippen LogP contribution in [0.15, 0.2) is 55.2 Å². The third-order valence-electron chi connectivity index (χ3n) is 4.66. The number of amides is 1. The van der Waals surface area contributed by atoms with Gasteiger partial charge in [-0.2, -0.15) is 0 Å². The molecule has 138 valence electrons. The van der Waals surface area contributed by atoms with Crippen molar-refractivity contribution in [1.29, 1.82) is 0 Å². The van der Waals surface area contributed by atoms with Crippen molar-refractivity contribution in [3.05, 3.63) is 60.9 Å². The highest BCUT2D eigenvalue weighted by Gasteiger charge is 2.19. The largest absolute Gasteiger partial charge is 0.340 e. The molecule has 0 atom stereocenters. The number of imidazole rings is 1. The van der Waals surface area contributed by atoms with Gasteiger partial charge in [-0.05, 0) is 25.0 Å². The molecule has 0 saturated carbocycles. The molecule has 3 aromatic rings. The van der Waals surface area contributed by atoms with Crippen LogP contribution in [-0.2, 0) is 0 Å². The van der Waals surface area contributed by atoms with Gasteiger partial charge in [-0.1, -0.05) is 31.0 Å². The smallest absolute Gasteiger partial charge is 0.274 e. The van der Waals surface area contributed by atoms with Crippen molar-refractivity contribution in [2.75, 3.05) is 18.4 Å². The summed E-state index contributed by atoms with van der Waals surface area (Å²) < 4.78 is 1.75. The lowest BCUT2D eigenvalue weighted by atomic mass is 10.2. The molecule has 0 unspecified atom stereocenters. The Morgan fingerprint density at radius 3 is 2.52 bits per heavy atom. The molecule has 2 aromatic heterocycles. The van der Waals surface area contributed by atoms with Crippen molar-refractivity contribution in [1.82, 2.24) is 24.4 Å². The van der Waals surface area contributed by atoms with Gasteiger partial charge in [0, 0.05) is 31.0 Å². The van der Waals surface area contributed by atoms with Gasteiger partial charge in [-0.15, -0.1) is 0 Å². The molecule has 7 heteroatoms. The molecule has 0 spiro atoms. The molecule has 1 aliphatic heterocycles. The van der Waals surface area contributed by atoms with Crippen molar-refractivity contribution in [2.45, 2.75) is 25.7 Å². The molecule has 0 bridgehead atoms. The Kier molecular flexibility index (Phi) is 5.09. The second-order valence-electron chi connectivity index (χ2n) is 6.63. The maximum Gasteiger partial charge on any atom is 0.274 e. The lowest BCUT2D eigenvalue weighted by Crippen LogP contribution is -2.32. The van der Waals surface area contributed by atoms with Gasteiger partial charge in [-0.25, -0.2) is 15.0 Å². The van der Waals surface area contributed by atoms with Gasteiger partial charge in [0.05, 0.1) is 0 Å². The lowest BCUT2D eigenvalue weighted by Gasteiger charge is -2.18. The summed E-state index contributed by atoms with van der Waals surface area (Å²) in [6, 6.07) is 11.6. The average Bonchev–Trinajstić information content (AvgIpc) is 3.04. The van der Waals surface area contributed by atoms with Gasteiger partial charge in [0.2, 0.25) is 0 Å². The van der Waals surface area contributed by atoms with Crippen molar-refractivity contribution in [3.8, 4) is 5.82 Å². The minimum Gasteiger partial charge on any atom is -0.340 e. The van der Waals surface area contributed by atoms with Gasteiger partial charge in [0.1, 0.15) is 30.0 Å². The number of carbonyl (C=O) groups is 1. The highest BCUT2D eigenvalue weighted by atomic mass is 16.2. The van der Waals surface area contributed by atoms with Gasteiger partial charge in [-0.3, -0.25) is 9.36 Å². The number of aromatic nitrogens is 4. The lowest BCUT2D eigenvalue weighted by molar-refractivity contribution is 0.0756. The van der Waals surface area contributed by atoms with Crippen LogP contribution in [0.4, 0.5) is 11.5 Å². The Labute approximate surface area is 158 Å². The van der Waals surface area contributed by atoms with Crippen LogP contribution >= 0.6 is 0 Å². The zero-order valence-electron chi connectivity index (χ0n) is 15.1. The Bertz CT molecular complexity index is 900. The third-order valence-corrected chi connectivity index (χ3v) is 4.66. The predicted octanol–water partition coefficient (Wildman–Crippen LogP) is 3.42. The molecular weight excluding hydrogens is 340 g/mol. The Morgan fingerprint density at radius 2 is 1.74 bits per heavy atom. The molecular formula is C20H22N6O. The first-order valence-corrected chi connectivity index (χ1v) is 9.27. The number of benzene rings is 1. The van der Waals surface area contributed by atoms with E-state index in [2.05, 4.69) is 20.3 Å². The number of hydrogen-bond acceptors (Lipinski definition) is 5. The number of rotatable bonds is 4. The van der Waals surface area contributed by atoms with E-state index in [1.807, 2.05) is 41.3 Å². The normalized spacial score (nSPS) is 14.6. The highest BCUT2D eigenvalue weighted by Crippen LogP contribution is 2.17. The van der Waals surface area contributed by atoms with Crippen LogP contribution < -0.4 is 5.32 Å². The summed E-state index contributed by atoms with van der Waals surface area (Å²) in [6.07, 6.45) is 9.37. The van der Waals surface area contributed by atoms with Crippen molar-refractivity contribution in [3.63, 3.8) is 0 Å². The first kappa shape index (κ1) is 17.2. The summed E-state index contributed by atoms with van der Waals surface area (Å²) in [4.78, 5) is 27.5. The topological polar surface area (TPSA) is 75.9 Å². The molecule has 0 aliphatic carbocycles. The fourth-order valence-corrected chi connectivity index (χ4v) is 3.22. The number of carbonyl (C=O) groups excluding carboxylic acids is 1. The number of hydrogen-bond donors (Lipinski definition) is 1. The summed E-state index contributed by atoms with van der Waals surface area (Å²) in [7, 11) is 0. The fourth-order valence-electron chi connectivity index (χ4n) is 3.22. The molecule has 4 rings (SSSR count). The first-order valence-electron chi connectivity index (χ1n) is 9.27. The summed E-state index contributed by atoms with van der Waals surface area (Å²) in [5.74, 6) is 1.33. The number of nitrogens with zero attached hydrogens (tertiary/aromatic N) is 5. The van der Waals surface area contributed by atoms with Crippen LogP contribution in [0, 0.1) is 0 Å². The monoisotopic (exact) mass is 362 g/mol. The van der Waals surface area contributed by atoms with Gasteiger partial charge in [0.15, 0.2) is 0 Å². The summed E-state index contributed by atoms with van der Waals surface area (Å²) in [6.45, 7) is 1.62. The summed E-state index contributed by atoms with van der Waals surface area (Å²) >= 11 is 0. The Morgan fingerprint density at radius 1 is 0.963 bits per heavy atom. The molecule has 0 radical (unpaired) electrons. The maximum atomic E-state index is 12.7. The number of likely N-dealkylation sites (tertiary alicyclic amines) is 1. The van der Waals surface area contributed by atoms with Crippen LogP contribution in [-0.4, -0.2) is 43.4 Å². The molecule has 1 amide bonds. The SMILES string of the molecule is O=C(c1cn(-c2cc(Nc3ccccc3)ncn2)cn1)N1CCCCCC1. The second kappa shape index (κ2) is 7.99. The molecule has 7 nitrogen and oxygen atoms in total. The summed E-state index contributed by atoms with van der Waals surface area (Å²) in [5.41, 5.74) is 1.40. The third kappa shape index (κ3) is 4.13. The quantitative estimate of drug-likeness (QED) is 0.770. The Hall–Kier alpha value is -3.22. The van der Waals surface area contributed by atoms with E-state index in [-0.39, 0.29) is 5.91 Å². The van der Waals surface area contributed by atoms with Gasteiger partial charge < -0.3 is 10.2 Å². The van der Waals surface area contributed by atoms with Crippen LogP contribution in [0.25, 0.3) is 5.82 Å². The van der Waals surface area contributed by atoms with Crippen molar-refractivity contribution < 1.29 is 4.79 Å². The molecule has 3 heterocycles. The van der Waals surface area contributed by atoms with Gasteiger partial charge in [0.25, 0.3) is 5.91 Å². The average molecular weight is 362 g/mol. The van der Waals surface area contributed by atoms with Crippen molar-refractivity contribution in [2.24, 2.45) is 0 Å². The van der Waals surface area contributed by atoms with E-state index in [0.29, 0.717) is 17.3 Å². The van der Waals surface area contributed by atoms with Crippen LogP contribution in [0.2, 0.25) is 0 Å². The van der Waals surface area contributed by atoms with E-state index >= 15 is 0 Å².